The fraction of sp³-hybridized carbons (Fsp3) is 0.571. The lowest BCUT2D eigenvalue weighted by atomic mass is 10.0. The van der Waals surface area contributed by atoms with Gasteiger partial charge in [-0.1, -0.05) is 43.6 Å². The Bertz CT molecular complexity index is 299. The number of hydrogen-bond acceptors (Lipinski definition) is 1. The molecule has 0 heterocycles. The van der Waals surface area contributed by atoms with Crippen LogP contribution >= 0.6 is 11.6 Å². The molecule has 0 aliphatic carbocycles. The second kappa shape index (κ2) is 7.70. The zero-order valence-electron chi connectivity index (χ0n) is 10.3. The maximum absolute atomic E-state index is 6.12. The van der Waals surface area contributed by atoms with Crippen LogP contribution in [0.4, 0.5) is 0 Å². The van der Waals surface area contributed by atoms with Gasteiger partial charge in [0.25, 0.3) is 0 Å². The Morgan fingerprint density at radius 2 is 2.06 bits per heavy atom. The van der Waals surface area contributed by atoms with Crippen molar-refractivity contribution < 1.29 is 0 Å². The third-order valence-electron chi connectivity index (χ3n) is 2.78. The smallest absolute Gasteiger partial charge is 0.0437 e. The minimum Gasteiger partial charge on any atom is -0.316 e. The van der Waals surface area contributed by atoms with Crippen LogP contribution in [0.5, 0.6) is 0 Å². The average molecular weight is 240 g/mol. The normalized spacial score (nSPS) is 12.7. The summed E-state index contributed by atoms with van der Waals surface area (Å²) in [7, 11) is 0. The van der Waals surface area contributed by atoms with E-state index in [1.807, 2.05) is 12.1 Å². The highest BCUT2D eigenvalue weighted by Crippen LogP contribution is 2.18. The molecule has 0 aromatic heterocycles. The van der Waals surface area contributed by atoms with Gasteiger partial charge in [-0.05, 0) is 49.9 Å². The van der Waals surface area contributed by atoms with Gasteiger partial charge in [-0.25, -0.2) is 0 Å². The molecule has 1 atom stereocenters. The lowest BCUT2D eigenvalue weighted by Gasteiger charge is -2.12. The quantitative estimate of drug-likeness (QED) is 0.712. The Morgan fingerprint density at radius 3 is 2.75 bits per heavy atom. The van der Waals surface area contributed by atoms with E-state index in [-0.39, 0.29) is 0 Å². The molecule has 0 aliphatic heterocycles. The monoisotopic (exact) mass is 239 g/mol. The number of nitrogens with one attached hydrogen (secondary N) is 1. The molecule has 0 fully saturated rings. The summed E-state index contributed by atoms with van der Waals surface area (Å²) in [6.07, 6.45) is 3.48. The van der Waals surface area contributed by atoms with Gasteiger partial charge in [-0.15, -0.1) is 0 Å². The molecule has 2 heteroatoms. The fourth-order valence-corrected chi connectivity index (χ4v) is 1.96. The first-order chi connectivity index (χ1) is 7.74. The van der Waals surface area contributed by atoms with Gasteiger partial charge >= 0.3 is 0 Å². The maximum Gasteiger partial charge on any atom is 0.0437 e. The average Bonchev–Trinajstić information content (AvgIpc) is 2.28. The van der Waals surface area contributed by atoms with Crippen molar-refractivity contribution in [1.82, 2.24) is 5.32 Å². The predicted molar refractivity (Wildman–Crippen MR) is 72.1 cm³/mol. The Morgan fingerprint density at radius 1 is 1.31 bits per heavy atom. The van der Waals surface area contributed by atoms with E-state index in [4.69, 9.17) is 11.6 Å². The Labute approximate surface area is 104 Å². The number of hydrogen-bond donors (Lipinski definition) is 1. The molecular formula is C14H22ClN. The molecular weight excluding hydrogens is 218 g/mol. The van der Waals surface area contributed by atoms with E-state index < -0.39 is 0 Å². The highest BCUT2D eigenvalue weighted by atomic mass is 35.5. The van der Waals surface area contributed by atoms with Crippen molar-refractivity contribution in [2.45, 2.75) is 33.1 Å². The third kappa shape index (κ3) is 5.00. The van der Waals surface area contributed by atoms with E-state index in [9.17, 15) is 0 Å². The van der Waals surface area contributed by atoms with Crippen molar-refractivity contribution in [1.29, 1.82) is 0 Å². The summed E-state index contributed by atoms with van der Waals surface area (Å²) < 4.78 is 0. The first kappa shape index (κ1) is 13.5. The van der Waals surface area contributed by atoms with Crippen LogP contribution in [-0.2, 0) is 6.42 Å². The topological polar surface area (TPSA) is 12.0 Å². The highest BCUT2D eigenvalue weighted by molar-refractivity contribution is 6.31. The first-order valence-electron chi connectivity index (χ1n) is 6.18. The summed E-state index contributed by atoms with van der Waals surface area (Å²) >= 11 is 6.12. The summed E-state index contributed by atoms with van der Waals surface area (Å²) in [4.78, 5) is 0. The van der Waals surface area contributed by atoms with E-state index in [0.29, 0.717) is 5.92 Å². The summed E-state index contributed by atoms with van der Waals surface area (Å²) in [6, 6.07) is 8.13. The van der Waals surface area contributed by atoms with Crippen molar-refractivity contribution in [3.63, 3.8) is 0 Å². The molecule has 1 rings (SSSR count). The van der Waals surface area contributed by atoms with Crippen LogP contribution < -0.4 is 5.32 Å². The molecule has 16 heavy (non-hydrogen) atoms. The fourth-order valence-electron chi connectivity index (χ4n) is 1.73. The van der Waals surface area contributed by atoms with Crippen LogP contribution in [0.25, 0.3) is 0 Å². The zero-order chi connectivity index (χ0) is 11.8. The molecule has 0 aliphatic rings. The van der Waals surface area contributed by atoms with E-state index in [1.54, 1.807) is 0 Å². The van der Waals surface area contributed by atoms with Gasteiger partial charge in [0.05, 0.1) is 0 Å². The Hall–Kier alpha value is -0.530. The van der Waals surface area contributed by atoms with Gasteiger partial charge in [0, 0.05) is 5.02 Å². The Kier molecular flexibility index (Phi) is 6.51. The second-order valence-corrected chi connectivity index (χ2v) is 4.85. The zero-order valence-corrected chi connectivity index (χ0v) is 11.1. The number of aryl methyl sites for hydroxylation is 1. The van der Waals surface area contributed by atoms with Crippen LogP contribution in [0.1, 0.15) is 32.3 Å². The molecule has 1 N–H and O–H groups in total. The van der Waals surface area contributed by atoms with Crippen LogP contribution in [0, 0.1) is 5.92 Å². The van der Waals surface area contributed by atoms with E-state index in [1.165, 1.54) is 18.4 Å². The van der Waals surface area contributed by atoms with Crippen molar-refractivity contribution >= 4 is 11.6 Å². The molecule has 1 unspecified atom stereocenters. The summed E-state index contributed by atoms with van der Waals surface area (Å²) in [5.41, 5.74) is 1.27. The van der Waals surface area contributed by atoms with Crippen LogP contribution in [0.3, 0.4) is 0 Å². The molecule has 0 spiro atoms. The molecule has 0 saturated heterocycles. The van der Waals surface area contributed by atoms with Gasteiger partial charge in [0.2, 0.25) is 0 Å². The van der Waals surface area contributed by atoms with Crippen molar-refractivity contribution in [3.8, 4) is 0 Å². The van der Waals surface area contributed by atoms with Crippen molar-refractivity contribution in [3.05, 3.63) is 34.9 Å². The molecule has 0 bridgehead atoms. The minimum absolute atomic E-state index is 0.711. The summed E-state index contributed by atoms with van der Waals surface area (Å²) in [5, 5.41) is 4.35. The van der Waals surface area contributed by atoms with Crippen LogP contribution in [0.2, 0.25) is 5.02 Å². The lowest BCUT2D eigenvalue weighted by Crippen LogP contribution is -2.22. The Balaban J connectivity index is 2.26. The second-order valence-electron chi connectivity index (χ2n) is 4.44. The minimum atomic E-state index is 0.711. The van der Waals surface area contributed by atoms with E-state index in [0.717, 1.165) is 24.5 Å². The predicted octanol–water partition coefficient (Wildman–Crippen LogP) is 3.91. The van der Waals surface area contributed by atoms with Crippen LogP contribution in [0.15, 0.2) is 24.3 Å². The molecule has 0 amide bonds. The number of rotatable bonds is 7. The van der Waals surface area contributed by atoms with Gasteiger partial charge < -0.3 is 5.32 Å². The lowest BCUT2D eigenvalue weighted by molar-refractivity contribution is 0.481. The molecule has 0 radical (unpaired) electrons. The van der Waals surface area contributed by atoms with Crippen LogP contribution in [-0.4, -0.2) is 13.1 Å². The number of halogens is 1. The first-order valence-corrected chi connectivity index (χ1v) is 6.56. The third-order valence-corrected chi connectivity index (χ3v) is 3.15. The summed E-state index contributed by atoms with van der Waals surface area (Å²) in [6.45, 7) is 6.72. The molecule has 0 saturated carbocycles. The van der Waals surface area contributed by atoms with E-state index in [2.05, 4.69) is 31.3 Å². The molecule has 1 nitrogen and oxygen atoms in total. The molecule has 1 aromatic rings. The molecule has 90 valence electrons. The summed E-state index contributed by atoms with van der Waals surface area (Å²) in [5.74, 6) is 0.711. The highest BCUT2D eigenvalue weighted by Gasteiger charge is 2.04. The van der Waals surface area contributed by atoms with Gasteiger partial charge in [0.1, 0.15) is 0 Å². The SMILES string of the molecule is CCCNCC(C)CCc1ccccc1Cl. The molecule has 1 aromatic carbocycles. The number of benzene rings is 1. The van der Waals surface area contributed by atoms with Crippen molar-refractivity contribution in [2.24, 2.45) is 5.92 Å². The standard InChI is InChI=1S/C14H22ClN/c1-3-10-16-11-12(2)8-9-13-6-4-5-7-14(13)15/h4-7,12,16H,3,8-11H2,1-2H3. The van der Waals surface area contributed by atoms with E-state index >= 15 is 0 Å². The largest absolute Gasteiger partial charge is 0.316 e. The van der Waals surface area contributed by atoms with Gasteiger partial charge in [0.15, 0.2) is 0 Å². The maximum atomic E-state index is 6.12. The van der Waals surface area contributed by atoms with Crippen molar-refractivity contribution in [2.75, 3.05) is 13.1 Å². The van der Waals surface area contributed by atoms with Gasteiger partial charge in [-0.2, -0.15) is 0 Å². The van der Waals surface area contributed by atoms with Gasteiger partial charge in [-0.3, -0.25) is 0 Å².